The Labute approximate surface area is 162 Å². The van der Waals surface area contributed by atoms with E-state index in [4.69, 9.17) is 22.1 Å². The van der Waals surface area contributed by atoms with Crippen molar-refractivity contribution >= 4 is 35.2 Å². The number of rotatable bonds is 7. The molecule has 3 amide bonds. The summed E-state index contributed by atoms with van der Waals surface area (Å²) in [5.74, 6) is -1.01. The molecule has 8 heteroatoms. The van der Waals surface area contributed by atoms with Gasteiger partial charge in [-0.25, -0.2) is 4.79 Å². The second-order valence-corrected chi connectivity index (χ2v) is 6.20. The summed E-state index contributed by atoms with van der Waals surface area (Å²) in [7, 11) is 1.59. The van der Waals surface area contributed by atoms with Crippen LogP contribution in [0.5, 0.6) is 0 Å². The predicted molar refractivity (Wildman–Crippen MR) is 102 cm³/mol. The van der Waals surface area contributed by atoms with Crippen LogP contribution >= 0.6 is 11.6 Å². The summed E-state index contributed by atoms with van der Waals surface area (Å²) in [5, 5.41) is 3.00. The van der Waals surface area contributed by atoms with Crippen molar-refractivity contribution in [2.75, 3.05) is 18.6 Å². The molecule has 0 aliphatic carbocycles. The normalized spacial score (nSPS) is 11.3. The van der Waals surface area contributed by atoms with Gasteiger partial charge in [0.05, 0.1) is 12.5 Å². The first-order valence-corrected chi connectivity index (χ1v) is 8.53. The molecule has 0 spiro atoms. The highest BCUT2D eigenvalue weighted by Crippen LogP contribution is 2.20. The molecule has 0 unspecified atom stereocenters. The Balaban J connectivity index is 1.94. The highest BCUT2D eigenvalue weighted by molar-refractivity contribution is 6.30. The van der Waals surface area contributed by atoms with E-state index < -0.39 is 24.6 Å². The molecule has 0 aliphatic heterocycles. The number of benzene rings is 2. The fraction of sp³-hybridized carbons (Fsp3) is 0.211. The largest absolute Gasteiger partial charge is 0.455 e. The molecule has 142 valence electrons. The number of nitrogens with one attached hydrogen (secondary N) is 1. The molecule has 0 saturated carbocycles. The lowest BCUT2D eigenvalue weighted by Gasteiger charge is -2.19. The van der Waals surface area contributed by atoms with E-state index in [-0.39, 0.29) is 12.3 Å². The van der Waals surface area contributed by atoms with Gasteiger partial charge in [-0.05, 0) is 29.8 Å². The summed E-state index contributed by atoms with van der Waals surface area (Å²) in [6.07, 6.45) is -0.174. The number of nitrogens with zero attached hydrogens (tertiary/aromatic N) is 1. The summed E-state index contributed by atoms with van der Waals surface area (Å²) in [5.41, 5.74) is 6.50. The molecule has 2 rings (SSSR count). The molecule has 0 heterocycles. The Morgan fingerprint density at radius 1 is 1.11 bits per heavy atom. The number of halogens is 1. The smallest absolute Gasteiger partial charge is 0.312 e. The number of amides is 3. The molecule has 0 aliphatic rings. The summed E-state index contributed by atoms with van der Waals surface area (Å²) >= 11 is 5.85. The van der Waals surface area contributed by atoms with Crippen LogP contribution in [0.4, 0.5) is 10.5 Å². The minimum atomic E-state index is -0.775. The maximum Gasteiger partial charge on any atom is 0.312 e. The summed E-state index contributed by atoms with van der Waals surface area (Å²) < 4.78 is 5.06. The minimum Gasteiger partial charge on any atom is -0.455 e. The number of primary amides is 1. The van der Waals surface area contributed by atoms with Gasteiger partial charge in [-0.15, -0.1) is 0 Å². The van der Waals surface area contributed by atoms with Gasteiger partial charge in [0, 0.05) is 17.8 Å². The maximum absolute atomic E-state index is 12.2. The molecule has 0 aromatic heterocycles. The zero-order valence-corrected chi connectivity index (χ0v) is 15.5. The van der Waals surface area contributed by atoms with E-state index in [9.17, 15) is 14.4 Å². The van der Waals surface area contributed by atoms with Crippen LogP contribution in [0.1, 0.15) is 18.0 Å². The monoisotopic (exact) mass is 389 g/mol. The average molecular weight is 390 g/mol. The van der Waals surface area contributed by atoms with Gasteiger partial charge in [0.1, 0.15) is 0 Å². The molecule has 7 nitrogen and oxygen atoms in total. The SMILES string of the molecule is CN(C(=O)COC(=O)C[C@@H](NC(N)=O)c1ccc(Cl)cc1)c1ccccc1. The number of esters is 1. The van der Waals surface area contributed by atoms with Gasteiger partial charge >= 0.3 is 12.0 Å². The molecule has 27 heavy (non-hydrogen) atoms. The third kappa shape index (κ3) is 6.31. The number of likely N-dealkylation sites (N-methyl/N-ethyl adjacent to an activating group) is 1. The Bertz CT molecular complexity index is 796. The number of nitrogens with two attached hydrogens (primary N) is 1. The number of urea groups is 1. The number of carbonyl (C=O) groups excluding carboxylic acids is 3. The standard InChI is InChI=1S/C19H20ClN3O4/c1-23(15-5-3-2-4-6-15)17(24)12-27-18(25)11-16(22-19(21)26)13-7-9-14(20)10-8-13/h2-10,16H,11-12H2,1H3,(H3,21,22,26)/t16-/m1/s1. The predicted octanol–water partition coefficient (Wildman–Crippen LogP) is 2.65. The topological polar surface area (TPSA) is 102 Å². The van der Waals surface area contributed by atoms with Crippen molar-refractivity contribution in [3.63, 3.8) is 0 Å². The first kappa shape index (κ1) is 20.3. The minimum absolute atomic E-state index is 0.174. The van der Waals surface area contributed by atoms with Gasteiger partial charge in [0.15, 0.2) is 6.61 Å². The molecular formula is C19H20ClN3O4. The third-order valence-corrected chi connectivity index (χ3v) is 4.09. The van der Waals surface area contributed by atoms with E-state index in [1.54, 1.807) is 55.6 Å². The van der Waals surface area contributed by atoms with E-state index >= 15 is 0 Å². The Morgan fingerprint density at radius 3 is 2.33 bits per heavy atom. The molecular weight excluding hydrogens is 370 g/mol. The second-order valence-electron chi connectivity index (χ2n) is 5.77. The second kappa shape index (κ2) is 9.59. The molecule has 3 N–H and O–H groups in total. The Kier molecular flexibility index (Phi) is 7.19. The summed E-state index contributed by atoms with van der Waals surface area (Å²) in [4.78, 5) is 36.9. The van der Waals surface area contributed by atoms with Crippen molar-refractivity contribution in [1.82, 2.24) is 5.32 Å². The number of hydrogen-bond acceptors (Lipinski definition) is 4. The van der Waals surface area contributed by atoms with Gasteiger partial charge in [-0.3, -0.25) is 9.59 Å². The molecule has 2 aromatic carbocycles. The van der Waals surface area contributed by atoms with Crippen LogP contribution in [-0.2, 0) is 14.3 Å². The van der Waals surface area contributed by atoms with E-state index in [2.05, 4.69) is 5.32 Å². The lowest BCUT2D eigenvalue weighted by molar-refractivity contribution is -0.148. The van der Waals surface area contributed by atoms with Crippen molar-refractivity contribution in [1.29, 1.82) is 0 Å². The first-order valence-electron chi connectivity index (χ1n) is 8.15. The van der Waals surface area contributed by atoms with Crippen molar-refractivity contribution in [2.45, 2.75) is 12.5 Å². The van der Waals surface area contributed by atoms with Crippen molar-refractivity contribution in [3.8, 4) is 0 Å². The highest BCUT2D eigenvalue weighted by Gasteiger charge is 2.20. The molecule has 0 fully saturated rings. The average Bonchev–Trinajstić information content (AvgIpc) is 2.66. The number of ether oxygens (including phenoxy) is 1. The molecule has 0 bridgehead atoms. The van der Waals surface area contributed by atoms with E-state index in [1.807, 2.05) is 6.07 Å². The summed E-state index contributed by atoms with van der Waals surface area (Å²) in [6, 6.07) is 14.1. The third-order valence-electron chi connectivity index (χ3n) is 3.83. The number of para-hydroxylation sites is 1. The summed E-state index contributed by atoms with van der Waals surface area (Å²) in [6.45, 7) is -0.409. The van der Waals surface area contributed by atoms with Crippen LogP contribution in [0.15, 0.2) is 54.6 Å². The quantitative estimate of drug-likeness (QED) is 0.710. The maximum atomic E-state index is 12.2. The van der Waals surface area contributed by atoms with Crippen molar-refractivity contribution in [3.05, 3.63) is 65.2 Å². The Morgan fingerprint density at radius 2 is 1.74 bits per heavy atom. The number of carbonyl (C=O) groups is 3. The zero-order chi connectivity index (χ0) is 19.8. The zero-order valence-electron chi connectivity index (χ0n) is 14.7. The van der Waals surface area contributed by atoms with Crippen LogP contribution in [0.25, 0.3) is 0 Å². The Hall–Kier alpha value is -3.06. The fourth-order valence-corrected chi connectivity index (χ4v) is 2.51. The van der Waals surface area contributed by atoms with Crippen LogP contribution in [-0.4, -0.2) is 31.6 Å². The lowest BCUT2D eigenvalue weighted by atomic mass is 10.0. The molecule has 0 saturated heterocycles. The molecule has 2 aromatic rings. The van der Waals surface area contributed by atoms with Crippen molar-refractivity contribution in [2.24, 2.45) is 5.73 Å². The lowest BCUT2D eigenvalue weighted by Crippen LogP contribution is -2.35. The van der Waals surface area contributed by atoms with Crippen LogP contribution in [0, 0.1) is 0 Å². The van der Waals surface area contributed by atoms with Gasteiger partial charge in [-0.1, -0.05) is 41.9 Å². The van der Waals surface area contributed by atoms with Crippen molar-refractivity contribution < 1.29 is 19.1 Å². The first-order chi connectivity index (χ1) is 12.9. The number of hydrogen-bond donors (Lipinski definition) is 2. The molecule has 0 radical (unpaired) electrons. The van der Waals surface area contributed by atoms with Crippen LogP contribution in [0.2, 0.25) is 5.02 Å². The molecule has 1 atom stereocenters. The van der Waals surface area contributed by atoms with E-state index in [1.165, 1.54) is 4.90 Å². The van der Waals surface area contributed by atoms with Gasteiger partial charge in [-0.2, -0.15) is 0 Å². The highest BCUT2D eigenvalue weighted by atomic mass is 35.5. The van der Waals surface area contributed by atoms with Gasteiger partial charge < -0.3 is 20.7 Å². The van der Waals surface area contributed by atoms with Gasteiger partial charge in [0.2, 0.25) is 0 Å². The van der Waals surface area contributed by atoms with Crippen LogP contribution in [0.3, 0.4) is 0 Å². The van der Waals surface area contributed by atoms with Crippen LogP contribution < -0.4 is 16.0 Å². The van der Waals surface area contributed by atoms with E-state index in [0.717, 1.165) is 0 Å². The fourth-order valence-electron chi connectivity index (χ4n) is 2.38. The van der Waals surface area contributed by atoms with E-state index in [0.29, 0.717) is 16.3 Å². The number of anilines is 1. The van der Waals surface area contributed by atoms with Gasteiger partial charge in [0.25, 0.3) is 5.91 Å².